The summed E-state index contributed by atoms with van der Waals surface area (Å²) in [6, 6.07) is 8.00. The Morgan fingerprint density at radius 3 is 2.48 bits per heavy atom. The molecule has 9 heteroatoms. The Morgan fingerprint density at radius 1 is 1.28 bits per heavy atom. The van der Waals surface area contributed by atoms with Gasteiger partial charge in [0.05, 0.1) is 20.6 Å². The molecule has 3 N–H and O–H groups in total. The fourth-order valence-electron chi connectivity index (χ4n) is 1.89. The molecule has 0 radical (unpaired) electrons. The van der Waals surface area contributed by atoms with E-state index in [-0.39, 0.29) is 10.9 Å². The summed E-state index contributed by atoms with van der Waals surface area (Å²) >= 11 is 17.7. The summed E-state index contributed by atoms with van der Waals surface area (Å²) in [5, 5.41) is 15.6. The van der Waals surface area contributed by atoms with E-state index in [0.29, 0.717) is 37.6 Å². The van der Waals surface area contributed by atoms with Crippen LogP contribution in [0.2, 0.25) is 5.02 Å². The van der Waals surface area contributed by atoms with Gasteiger partial charge in [0.2, 0.25) is 0 Å². The van der Waals surface area contributed by atoms with Gasteiger partial charge in [-0.3, -0.25) is 10.1 Å². The summed E-state index contributed by atoms with van der Waals surface area (Å²) < 4.78 is 6.30. The molecule has 1 amide bonds. The lowest BCUT2D eigenvalue weighted by Gasteiger charge is -2.12. The second kappa shape index (κ2) is 8.84. The standard InChI is InChI=1S/C16H13Br2ClN2O3S/c1-2-24-13-4-3-8(5-12(13)19)15(23)21-16(25)20-9-6-10(17)14(22)11(18)7-9/h3-7,22H,2H2,1H3,(H2,20,21,23,25). The number of amides is 1. The van der Waals surface area contributed by atoms with Crippen LogP contribution in [0.5, 0.6) is 11.5 Å². The van der Waals surface area contributed by atoms with Gasteiger partial charge < -0.3 is 15.2 Å². The van der Waals surface area contributed by atoms with Crippen LogP contribution in [-0.4, -0.2) is 22.7 Å². The molecule has 0 unspecified atom stereocenters. The smallest absolute Gasteiger partial charge is 0.257 e. The molecule has 0 spiro atoms. The second-order valence-electron chi connectivity index (χ2n) is 4.77. The van der Waals surface area contributed by atoms with E-state index < -0.39 is 5.91 Å². The highest BCUT2D eigenvalue weighted by atomic mass is 79.9. The van der Waals surface area contributed by atoms with E-state index in [2.05, 4.69) is 42.5 Å². The zero-order valence-electron chi connectivity index (χ0n) is 12.9. The van der Waals surface area contributed by atoms with E-state index in [9.17, 15) is 9.90 Å². The quantitative estimate of drug-likeness (QED) is 0.396. The van der Waals surface area contributed by atoms with Crippen molar-refractivity contribution in [3.8, 4) is 11.5 Å². The number of anilines is 1. The molecular weight excluding hydrogens is 496 g/mol. The average molecular weight is 509 g/mol. The Kier molecular flexibility index (Phi) is 7.06. The Bertz CT molecular complexity index is 810. The highest BCUT2D eigenvalue weighted by molar-refractivity contribution is 9.11. The highest BCUT2D eigenvalue weighted by Crippen LogP contribution is 2.35. The molecular formula is C16H13Br2ClN2O3S. The summed E-state index contributed by atoms with van der Waals surface area (Å²) in [6.07, 6.45) is 0. The van der Waals surface area contributed by atoms with Crippen LogP contribution in [-0.2, 0) is 0 Å². The summed E-state index contributed by atoms with van der Waals surface area (Å²) in [5.74, 6) is 0.184. The highest BCUT2D eigenvalue weighted by Gasteiger charge is 2.12. The molecule has 0 aliphatic heterocycles. The van der Waals surface area contributed by atoms with E-state index in [1.165, 1.54) is 6.07 Å². The first-order chi connectivity index (χ1) is 11.8. The molecule has 2 rings (SSSR count). The zero-order chi connectivity index (χ0) is 18.6. The van der Waals surface area contributed by atoms with Gasteiger partial charge in [-0.1, -0.05) is 11.6 Å². The molecule has 5 nitrogen and oxygen atoms in total. The molecule has 0 atom stereocenters. The number of aromatic hydroxyl groups is 1. The van der Waals surface area contributed by atoms with Crippen molar-refractivity contribution in [1.29, 1.82) is 0 Å². The Labute approximate surface area is 172 Å². The van der Waals surface area contributed by atoms with Gasteiger partial charge in [-0.2, -0.15) is 0 Å². The maximum absolute atomic E-state index is 12.3. The number of rotatable bonds is 4. The summed E-state index contributed by atoms with van der Waals surface area (Å²) in [6.45, 7) is 2.33. The number of phenols is 1. The van der Waals surface area contributed by atoms with E-state index in [1.807, 2.05) is 6.92 Å². The van der Waals surface area contributed by atoms with Gasteiger partial charge in [0, 0.05) is 11.3 Å². The molecule has 0 bridgehead atoms. The summed E-state index contributed by atoms with van der Waals surface area (Å²) in [7, 11) is 0. The number of carbonyl (C=O) groups is 1. The van der Waals surface area contributed by atoms with E-state index >= 15 is 0 Å². The molecule has 0 saturated heterocycles. The molecule has 0 fully saturated rings. The third-order valence-corrected chi connectivity index (χ3v) is 4.70. The molecule has 2 aromatic rings. The molecule has 0 aliphatic rings. The van der Waals surface area contributed by atoms with Crippen molar-refractivity contribution in [1.82, 2.24) is 5.32 Å². The van der Waals surface area contributed by atoms with E-state index in [1.54, 1.807) is 24.3 Å². The first kappa shape index (κ1) is 20.0. The maximum atomic E-state index is 12.3. The minimum absolute atomic E-state index is 0.0736. The Morgan fingerprint density at radius 2 is 1.92 bits per heavy atom. The Balaban J connectivity index is 2.05. The minimum Gasteiger partial charge on any atom is -0.506 e. The van der Waals surface area contributed by atoms with Crippen LogP contribution in [0.3, 0.4) is 0 Å². The van der Waals surface area contributed by atoms with Crippen LogP contribution in [0.25, 0.3) is 0 Å². The number of halogens is 3. The van der Waals surface area contributed by atoms with Gasteiger partial charge >= 0.3 is 0 Å². The molecule has 0 aliphatic carbocycles. The summed E-state index contributed by atoms with van der Waals surface area (Å²) in [5.41, 5.74) is 0.942. The van der Waals surface area contributed by atoms with Crippen LogP contribution in [0, 0.1) is 0 Å². The number of nitrogens with one attached hydrogen (secondary N) is 2. The first-order valence-electron chi connectivity index (χ1n) is 7.04. The molecule has 2 aromatic carbocycles. The topological polar surface area (TPSA) is 70.6 Å². The molecule has 25 heavy (non-hydrogen) atoms. The van der Waals surface area contributed by atoms with Crippen molar-refractivity contribution in [2.75, 3.05) is 11.9 Å². The average Bonchev–Trinajstić information content (AvgIpc) is 2.54. The lowest BCUT2D eigenvalue weighted by atomic mass is 10.2. The van der Waals surface area contributed by atoms with Gasteiger partial charge in [0.25, 0.3) is 5.91 Å². The molecule has 132 valence electrons. The van der Waals surface area contributed by atoms with Crippen LogP contribution >= 0.6 is 55.7 Å². The van der Waals surface area contributed by atoms with Gasteiger partial charge in [-0.15, -0.1) is 0 Å². The van der Waals surface area contributed by atoms with Gasteiger partial charge in [0.15, 0.2) is 5.11 Å². The van der Waals surface area contributed by atoms with Crippen LogP contribution < -0.4 is 15.4 Å². The number of phenolic OH excluding ortho intramolecular Hbond substituents is 1. The number of hydrogen-bond acceptors (Lipinski definition) is 4. The SMILES string of the molecule is CCOc1ccc(C(=O)NC(=S)Nc2cc(Br)c(O)c(Br)c2)cc1Cl. The van der Waals surface area contributed by atoms with Crippen LogP contribution in [0.4, 0.5) is 5.69 Å². The van der Waals surface area contributed by atoms with Crippen molar-refractivity contribution in [2.24, 2.45) is 0 Å². The minimum atomic E-state index is -0.403. The third kappa shape index (κ3) is 5.31. The van der Waals surface area contributed by atoms with Crippen molar-refractivity contribution >= 4 is 72.4 Å². The number of ether oxygens (including phenoxy) is 1. The van der Waals surface area contributed by atoms with Crippen LogP contribution in [0.1, 0.15) is 17.3 Å². The predicted molar refractivity (Wildman–Crippen MR) is 110 cm³/mol. The molecule has 0 saturated carbocycles. The number of benzene rings is 2. The van der Waals surface area contributed by atoms with Crippen molar-refractivity contribution < 1.29 is 14.6 Å². The fraction of sp³-hybridized carbons (Fsp3) is 0.125. The van der Waals surface area contributed by atoms with Crippen LogP contribution in [0.15, 0.2) is 39.3 Å². The van der Waals surface area contributed by atoms with Crippen molar-refractivity contribution in [2.45, 2.75) is 6.92 Å². The van der Waals surface area contributed by atoms with E-state index in [0.717, 1.165) is 0 Å². The normalized spacial score (nSPS) is 10.2. The largest absolute Gasteiger partial charge is 0.506 e. The second-order valence-corrected chi connectivity index (χ2v) is 7.30. The fourth-order valence-corrected chi connectivity index (χ4v) is 3.52. The first-order valence-corrected chi connectivity index (χ1v) is 9.41. The number of thiocarbonyl (C=S) groups is 1. The van der Waals surface area contributed by atoms with Crippen molar-refractivity contribution in [3.05, 3.63) is 49.9 Å². The lowest BCUT2D eigenvalue weighted by Crippen LogP contribution is -2.34. The predicted octanol–water partition coefficient (Wildman–Crippen LogP) is 5.10. The van der Waals surface area contributed by atoms with Gasteiger partial charge in [-0.05, 0) is 81.3 Å². The van der Waals surface area contributed by atoms with Crippen molar-refractivity contribution in [3.63, 3.8) is 0 Å². The number of carbonyl (C=O) groups excluding carboxylic acids is 1. The monoisotopic (exact) mass is 506 g/mol. The Hall–Kier alpha value is -1.35. The van der Waals surface area contributed by atoms with E-state index in [4.69, 9.17) is 28.6 Å². The summed E-state index contributed by atoms with van der Waals surface area (Å²) in [4.78, 5) is 12.3. The third-order valence-electron chi connectivity index (χ3n) is 3.00. The lowest BCUT2D eigenvalue weighted by molar-refractivity contribution is 0.0977. The molecule has 0 aromatic heterocycles. The zero-order valence-corrected chi connectivity index (χ0v) is 17.6. The molecule has 0 heterocycles. The van der Waals surface area contributed by atoms with Gasteiger partial charge in [0.1, 0.15) is 11.5 Å². The maximum Gasteiger partial charge on any atom is 0.257 e. The van der Waals surface area contributed by atoms with Gasteiger partial charge in [-0.25, -0.2) is 0 Å². The number of hydrogen-bond donors (Lipinski definition) is 3.